The number of hydrogen-bond acceptors (Lipinski definition) is 4. The van der Waals surface area contributed by atoms with Gasteiger partial charge in [0.1, 0.15) is 11.6 Å². The average Bonchev–Trinajstić information content (AvgIpc) is 2.58. The predicted octanol–water partition coefficient (Wildman–Crippen LogP) is 3.80. The van der Waals surface area contributed by atoms with Gasteiger partial charge in [0.2, 0.25) is 0 Å². The molecule has 24 heavy (non-hydrogen) atoms. The zero-order chi connectivity index (χ0) is 17.5. The highest BCUT2D eigenvalue weighted by Crippen LogP contribution is 2.39. The SMILES string of the molecule is CCCCCOc1c(OC)cccc1-c1cc(C)[nH]c(=O)c1C#N. The van der Waals surface area contributed by atoms with Gasteiger partial charge in [0.05, 0.1) is 13.7 Å². The lowest BCUT2D eigenvalue weighted by molar-refractivity contribution is 0.287. The molecule has 0 aliphatic heterocycles. The second-order valence-corrected chi connectivity index (χ2v) is 5.57. The lowest BCUT2D eigenvalue weighted by Gasteiger charge is -2.16. The van der Waals surface area contributed by atoms with Crippen LogP contribution >= 0.6 is 0 Å². The third-order valence-corrected chi connectivity index (χ3v) is 3.76. The summed E-state index contributed by atoms with van der Waals surface area (Å²) < 4.78 is 11.4. The number of ether oxygens (including phenoxy) is 2. The fraction of sp³-hybridized carbons (Fsp3) is 0.368. The lowest BCUT2D eigenvalue weighted by Crippen LogP contribution is -2.13. The first-order valence-electron chi connectivity index (χ1n) is 8.06. The number of hydrogen-bond donors (Lipinski definition) is 1. The van der Waals surface area contributed by atoms with Crippen LogP contribution in [0.5, 0.6) is 11.5 Å². The number of methoxy groups -OCH3 is 1. The first-order valence-corrected chi connectivity index (χ1v) is 8.06. The smallest absolute Gasteiger partial charge is 0.266 e. The number of benzene rings is 1. The molecule has 0 spiro atoms. The van der Waals surface area contributed by atoms with Gasteiger partial charge in [0, 0.05) is 16.8 Å². The number of unbranched alkanes of at least 4 members (excludes halogenated alkanes) is 2. The highest BCUT2D eigenvalue weighted by atomic mass is 16.5. The molecule has 5 nitrogen and oxygen atoms in total. The van der Waals surface area contributed by atoms with Crippen LogP contribution in [0.2, 0.25) is 0 Å². The molecule has 1 N–H and O–H groups in total. The zero-order valence-electron chi connectivity index (χ0n) is 14.3. The molecule has 1 aromatic heterocycles. The van der Waals surface area contributed by atoms with Crippen LogP contribution in [0.3, 0.4) is 0 Å². The number of aromatic nitrogens is 1. The van der Waals surface area contributed by atoms with E-state index >= 15 is 0 Å². The van der Waals surface area contributed by atoms with Crippen LogP contribution < -0.4 is 15.0 Å². The first-order chi connectivity index (χ1) is 11.6. The van der Waals surface area contributed by atoms with Crippen molar-refractivity contribution in [3.63, 3.8) is 0 Å². The number of pyridine rings is 1. The summed E-state index contributed by atoms with van der Waals surface area (Å²) >= 11 is 0. The normalized spacial score (nSPS) is 10.2. The van der Waals surface area contributed by atoms with Crippen molar-refractivity contribution in [3.8, 4) is 28.7 Å². The Balaban J connectivity index is 2.55. The Morgan fingerprint density at radius 3 is 2.71 bits per heavy atom. The summed E-state index contributed by atoms with van der Waals surface area (Å²) in [6, 6.07) is 9.25. The maximum atomic E-state index is 12.1. The van der Waals surface area contributed by atoms with E-state index in [9.17, 15) is 10.1 Å². The maximum Gasteiger partial charge on any atom is 0.266 e. The third kappa shape index (κ3) is 3.77. The molecule has 0 saturated carbocycles. The molecule has 0 fully saturated rings. The Bertz CT molecular complexity index is 803. The average molecular weight is 326 g/mol. The standard InChI is InChI=1S/C19H22N2O3/c1-4-5-6-10-24-18-14(8-7-9-17(18)23-3)15-11-13(2)21-19(22)16(15)12-20/h7-9,11H,4-6,10H2,1-3H3,(H,21,22). The van der Waals surface area contributed by atoms with Crippen molar-refractivity contribution in [2.24, 2.45) is 0 Å². The fourth-order valence-electron chi connectivity index (χ4n) is 2.58. The quantitative estimate of drug-likeness (QED) is 0.785. The summed E-state index contributed by atoms with van der Waals surface area (Å²) in [7, 11) is 1.58. The number of H-pyrrole nitrogens is 1. The molecule has 0 aliphatic rings. The van der Waals surface area contributed by atoms with Gasteiger partial charge in [-0.1, -0.05) is 31.9 Å². The molecule has 0 bridgehead atoms. The molecular weight excluding hydrogens is 304 g/mol. The van der Waals surface area contributed by atoms with Gasteiger partial charge >= 0.3 is 0 Å². The summed E-state index contributed by atoms with van der Waals surface area (Å²) in [6.45, 7) is 4.48. The van der Waals surface area contributed by atoms with E-state index in [0.717, 1.165) is 19.3 Å². The van der Waals surface area contributed by atoms with Gasteiger partial charge in [0.15, 0.2) is 11.5 Å². The highest BCUT2D eigenvalue weighted by molar-refractivity contribution is 5.78. The van der Waals surface area contributed by atoms with Crippen molar-refractivity contribution < 1.29 is 9.47 Å². The summed E-state index contributed by atoms with van der Waals surface area (Å²) in [5.74, 6) is 1.16. The van der Waals surface area contributed by atoms with Crippen LogP contribution in [0.1, 0.15) is 37.4 Å². The van der Waals surface area contributed by atoms with Crippen LogP contribution in [0.15, 0.2) is 29.1 Å². The van der Waals surface area contributed by atoms with E-state index in [1.807, 2.05) is 24.3 Å². The van der Waals surface area contributed by atoms with Crippen molar-refractivity contribution in [3.05, 3.63) is 45.9 Å². The summed E-state index contributed by atoms with van der Waals surface area (Å²) in [5, 5.41) is 9.37. The molecule has 0 amide bonds. The number of nitrogens with one attached hydrogen (secondary N) is 1. The topological polar surface area (TPSA) is 75.1 Å². The molecular formula is C19H22N2O3. The van der Waals surface area contributed by atoms with Gasteiger partial charge in [-0.05, 0) is 25.5 Å². The van der Waals surface area contributed by atoms with Crippen LogP contribution in [-0.2, 0) is 0 Å². The number of aromatic amines is 1. The second-order valence-electron chi connectivity index (χ2n) is 5.57. The molecule has 126 valence electrons. The van der Waals surface area contributed by atoms with Crippen LogP contribution in [-0.4, -0.2) is 18.7 Å². The second kappa shape index (κ2) is 8.21. The van der Waals surface area contributed by atoms with E-state index in [2.05, 4.69) is 11.9 Å². The van der Waals surface area contributed by atoms with Crippen LogP contribution in [0.4, 0.5) is 0 Å². The Hall–Kier alpha value is -2.74. The van der Waals surface area contributed by atoms with Gasteiger partial charge < -0.3 is 14.5 Å². The van der Waals surface area contributed by atoms with Gasteiger partial charge in [-0.15, -0.1) is 0 Å². The number of para-hydroxylation sites is 1. The van der Waals surface area contributed by atoms with Crippen LogP contribution in [0, 0.1) is 18.3 Å². The molecule has 0 unspecified atom stereocenters. The van der Waals surface area contributed by atoms with Crippen molar-refractivity contribution >= 4 is 0 Å². The van der Waals surface area contributed by atoms with Gasteiger partial charge in [-0.3, -0.25) is 4.79 Å². The monoisotopic (exact) mass is 326 g/mol. The molecule has 2 rings (SSSR count). The number of nitrogens with zero attached hydrogens (tertiary/aromatic N) is 1. The van der Waals surface area contributed by atoms with Crippen molar-refractivity contribution in [2.75, 3.05) is 13.7 Å². The summed E-state index contributed by atoms with van der Waals surface area (Å²) in [5.41, 5.74) is 1.62. The van der Waals surface area contributed by atoms with E-state index in [-0.39, 0.29) is 5.56 Å². The van der Waals surface area contributed by atoms with E-state index in [1.165, 1.54) is 0 Å². The Kier molecular flexibility index (Phi) is 6.02. The fourth-order valence-corrected chi connectivity index (χ4v) is 2.58. The van der Waals surface area contributed by atoms with Crippen molar-refractivity contribution in [1.29, 1.82) is 5.26 Å². The molecule has 0 saturated heterocycles. The van der Waals surface area contributed by atoms with E-state index in [4.69, 9.17) is 9.47 Å². The maximum absolute atomic E-state index is 12.1. The van der Waals surface area contributed by atoms with E-state index < -0.39 is 5.56 Å². The Labute approximate surface area is 141 Å². The summed E-state index contributed by atoms with van der Waals surface area (Å²) in [4.78, 5) is 14.7. The first kappa shape index (κ1) is 17.6. The van der Waals surface area contributed by atoms with Crippen molar-refractivity contribution in [2.45, 2.75) is 33.1 Å². The van der Waals surface area contributed by atoms with Gasteiger partial charge in [0.25, 0.3) is 5.56 Å². The largest absolute Gasteiger partial charge is 0.493 e. The zero-order valence-corrected chi connectivity index (χ0v) is 14.3. The van der Waals surface area contributed by atoms with Crippen molar-refractivity contribution in [1.82, 2.24) is 4.98 Å². The van der Waals surface area contributed by atoms with E-state index in [1.54, 1.807) is 20.1 Å². The number of nitriles is 1. The minimum absolute atomic E-state index is 0.0762. The van der Waals surface area contributed by atoms with Crippen LogP contribution in [0.25, 0.3) is 11.1 Å². The molecule has 0 atom stereocenters. The number of aryl methyl sites for hydroxylation is 1. The molecule has 5 heteroatoms. The molecule has 2 aromatic rings. The van der Waals surface area contributed by atoms with Gasteiger partial charge in [-0.2, -0.15) is 5.26 Å². The predicted molar refractivity (Wildman–Crippen MR) is 93.5 cm³/mol. The van der Waals surface area contributed by atoms with Gasteiger partial charge in [-0.25, -0.2) is 0 Å². The Morgan fingerprint density at radius 2 is 2.04 bits per heavy atom. The minimum atomic E-state index is -0.396. The number of rotatable bonds is 7. The molecule has 0 radical (unpaired) electrons. The lowest BCUT2D eigenvalue weighted by atomic mass is 9.99. The highest BCUT2D eigenvalue weighted by Gasteiger charge is 2.17. The molecule has 1 aromatic carbocycles. The third-order valence-electron chi connectivity index (χ3n) is 3.76. The summed E-state index contributed by atoms with van der Waals surface area (Å²) in [6.07, 6.45) is 3.12. The molecule has 0 aliphatic carbocycles. The van der Waals surface area contributed by atoms with E-state index in [0.29, 0.717) is 34.9 Å². The molecule has 1 heterocycles. The minimum Gasteiger partial charge on any atom is -0.493 e. The Morgan fingerprint density at radius 1 is 1.25 bits per heavy atom.